The Bertz CT molecular complexity index is 594. The molecule has 2 rings (SSSR count). The number of benzene rings is 1. The van der Waals surface area contributed by atoms with E-state index in [-0.39, 0.29) is 5.91 Å². The van der Waals surface area contributed by atoms with E-state index < -0.39 is 0 Å². The van der Waals surface area contributed by atoms with E-state index in [1.807, 2.05) is 35.9 Å². The molecule has 0 aliphatic carbocycles. The molecule has 1 heterocycles. The first kappa shape index (κ1) is 14.3. The number of fused-ring (bicyclic) bond motifs is 1. The van der Waals surface area contributed by atoms with Crippen LogP contribution in [-0.2, 0) is 7.05 Å². The van der Waals surface area contributed by atoms with E-state index in [2.05, 4.69) is 11.6 Å². The van der Waals surface area contributed by atoms with Crippen molar-refractivity contribution in [3.8, 4) is 0 Å². The fraction of sp³-hybridized carbons (Fsp3) is 0.357. The number of amides is 1. The summed E-state index contributed by atoms with van der Waals surface area (Å²) in [6.07, 6.45) is 3.05. The highest BCUT2D eigenvalue weighted by Gasteiger charge is 2.12. The fourth-order valence-corrected chi connectivity index (χ4v) is 2.63. The van der Waals surface area contributed by atoms with Gasteiger partial charge in [-0.25, -0.2) is 0 Å². The van der Waals surface area contributed by atoms with Gasteiger partial charge in [-0.05, 0) is 36.6 Å². The number of aryl methyl sites for hydroxylation is 1. The van der Waals surface area contributed by atoms with Gasteiger partial charge in [-0.15, -0.1) is 0 Å². The predicted molar refractivity (Wildman–Crippen MR) is 83.3 cm³/mol. The zero-order valence-corrected chi connectivity index (χ0v) is 12.6. The molecule has 0 bridgehead atoms. The molecule has 19 heavy (non-hydrogen) atoms. The maximum absolute atomic E-state index is 12.1. The van der Waals surface area contributed by atoms with Crippen molar-refractivity contribution in [1.82, 2.24) is 9.88 Å². The highest BCUT2D eigenvalue weighted by molar-refractivity contribution is 7.98. The number of carbonyl (C=O) groups excluding carboxylic acids is 1. The summed E-state index contributed by atoms with van der Waals surface area (Å²) in [6.45, 7) is 0.710. The summed E-state index contributed by atoms with van der Waals surface area (Å²) in [7, 11) is 1.88. The minimum atomic E-state index is -0.0316. The second kappa shape index (κ2) is 6.35. The van der Waals surface area contributed by atoms with E-state index in [9.17, 15) is 4.79 Å². The summed E-state index contributed by atoms with van der Waals surface area (Å²) in [5, 5.41) is 4.65. The van der Waals surface area contributed by atoms with Crippen LogP contribution in [0.2, 0.25) is 5.02 Å². The number of aromatic nitrogens is 1. The van der Waals surface area contributed by atoms with E-state index in [0.29, 0.717) is 17.3 Å². The van der Waals surface area contributed by atoms with Gasteiger partial charge in [-0.3, -0.25) is 4.79 Å². The standard InChI is InChI=1S/C14H17ClN2OS/c1-17-12-9-11(15)5-4-10(12)8-13(17)14(18)16-6-3-7-19-2/h4-5,8-9H,3,6-7H2,1-2H3,(H,16,18). The zero-order chi connectivity index (χ0) is 13.8. The van der Waals surface area contributed by atoms with Gasteiger partial charge in [0, 0.05) is 29.5 Å². The van der Waals surface area contributed by atoms with Gasteiger partial charge in [0.15, 0.2) is 0 Å². The molecule has 0 aliphatic rings. The zero-order valence-electron chi connectivity index (χ0n) is 11.1. The molecule has 0 aliphatic heterocycles. The molecule has 5 heteroatoms. The van der Waals surface area contributed by atoms with Crippen molar-refractivity contribution in [3.05, 3.63) is 35.0 Å². The molecule has 1 aromatic heterocycles. The Morgan fingerprint density at radius 1 is 1.42 bits per heavy atom. The summed E-state index contributed by atoms with van der Waals surface area (Å²) in [5.74, 6) is 1.03. The number of hydrogen-bond acceptors (Lipinski definition) is 2. The minimum Gasteiger partial charge on any atom is -0.351 e. The van der Waals surface area contributed by atoms with Crippen molar-refractivity contribution in [2.45, 2.75) is 6.42 Å². The number of nitrogens with zero attached hydrogens (tertiary/aromatic N) is 1. The van der Waals surface area contributed by atoms with Crippen LogP contribution in [0, 0.1) is 0 Å². The van der Waals surface area contributed by atoms with Crippen molar-refractivity contribution in [2.75, 3.05) is 18.6 Å². The molecule has 1 aromatic carbocycles. The van der Waals surface area contributed by atoms with Gasteiger partial charge in [-0.1, -0.05) is 17.7 Å². The second-order valence-electron chi connectivity index (χ2n) is 4.39. The minimum absolute atomic E-state index is 0.0316. The lowest BCUT2D eigenvalue weighted by Gasteiger charge is -2.06. The molecule has 102 valence electrons. The van der Waals surface area contributed by atoms with Gasteiger partial charge >= 0.3 is 0 Å². The molecule has 1 N–H and O–H groups in total. The third-order valence-corrected chi connectivity index (χ3v) is 3.98. The van der Waals surface area contributed by atoms with Crippen molar-refractivity contribution in [1.29, 1.82) is 0 Å². The van der Waals surface area contributed by atoms with Crippen LogP contribution in [0.3, 0.4) is 0 Å². The quantitative estimate of drug-likeness (QED) is 0.859. The summed E-state index contributed by atoms with van der Waals surface area (Å²) in [6, 6.07) is 7.54. The van der Waals surface area contributed by atoms with Gasteiger partial charge in [-0.2, -0.15) is 11.8 Å². The molecule has 0 saturated heterocycles. The van der Waals surface area contributed by atoms with Crippen LogP contribution in [-0.4, -0.2) is 29.0 Å². The molecular weight excluding hydrogens is 280 g/mol. The smallest absolute Gasteiger partial charge is 0.267 e. The second-order valence-corrected chi connectivity index (χ2v) is 5.82. The summed E-state index contributed by atoms with van der Waals surface area (Å²) in [4.78, 5) is 12.1. The Hall–Kier alpha value is -1.13. The molecule has 0 saturated carbocycles. The first-order chi connectivity index (χ1) is 9.13. The Kier molecular flexibility index (Phi) is 4.77. The van der Waals surface area contributed by atoms with E-state index >= 15 is 0 Å². The molecule has 3 nitrogen and oxygen atoms in total. The fourth-order valence-electron chi connectivity index (χ4n) is 2.03. The Morgan fingerprint density at radius 3 is 2.95 bits per heavy atom. The van der Waals surface area contributed by atoms with Crippen molar-refractivity contribution >= 4 is 40.2 Å². The van der Waals surface area contributed by atoms with Gasteiger partial charge in [0.25, 0.3) is 5.91 Å². The lowest BCUT2D eigenvalue weighted by molar-refractivity contribution is 0.0946. The van der Waals surface area contributed by atoms with Crippen LogP contribution in [0.25, 0.3) is 10.9 Å². The average Bonchev–Trinajstić information content (AvgIpc) is 2.72. The van der Waals surface area contributed by atoms with Crippen molar-refractivity contribution < 1.29 is 4.79 Å². The number of carbonyl (C=O) groups is 1. The number of nitrogens with one attached hydrogen (secondary N) is 1. The number of hydrogen-bond donors (Lipinski definition) is 1. The Morgan fingerprint density at radius 2 is 2.21 bits per heavy atom. The topological polar surface area (TPSA) is 34.0 Å². The lowest BCUT2D eigenvalue weighted by Crippen LogP contribution is -2.26. The summed E-state index contributed by atoms with van der Waals surface area (Å²) >= 11 is 7.77. The largest absolute Gasteiger partial charge is 0.351 e. The molecule has 1 amide bonds. The molecule has 0 atom stereocenters. The number of thioether (sulfide) groups is 1. The van der Waals surface area contributed by atoms with Gasteiger partial charge in [0.2, 0.25) is 0 Å². The molecule has 0 fully saturated rings. The number of halogens is 1. The van der Waals surface area contributed by atoms with Crippen LogP contribution >= 0.6 is 23.4 Å². The van der Waals surface area contributed by atoms with Gasteiger partial charge in [0.1, 0.15) is 5.69 Å². The first-order valence-corrected chi connectivity index (χ1v) is 7.93. The molecular formula is C14H17ClN2OS. The molecule has 0 spiro atoms. The highest BCUT2D eigenvalue weighted by Crippen LogP contribution is 2.22. The lowest BCUT2D eigenvalue weighted by atomic mass is 10.2. The van der Waals surface area contributed by atoms with E-state index in [0.717, 1.165) is 23.1 Å². The van der Waals surface area contributed by atoms with Crippen LogP contribution in [0.15, 0.2) is 24.3 Å². The average molecular weight is 297 g/mol. The van der Waals surface area contributed by atoms with Crippen LogP contribution in [0.1, 0.15) is 16.9 Å². The molecule has 2 aromatic rings. The summed E-state index contributed by atoms with van der Waals surface area (Å²) in [5.41, 5.74) is 1.64. The van der Waals surface area contributed by atoms with Crippen molar-refractivity contribution in [2.24, 2.45) is 7.05 Å². The monoisotopic (exact) mass is 296 g/mol. The van der Waals surface area contributed by atoms with E-state index in [4.69, 9.17) is 11.6 Å². The van der Waals surface area contributed by atoms with Crippen LogP contribution in [0.4, 0.5) is 0 Å². The first-order valence-electron chi connectivity index (χ1n) is 6.15. The van der Waals surface area contributed by atoms with Crippen molar-refractivity contribution in [3.63, 3.8) is 0 Å². The maximum atomic E-state index is 12.1. The molecule has 0 unspecified atom stereocenters. The molecule has 0 radical (unpaired) electrons. The third kappa shape index (κ3) is 3.25. The van der Waals surface area contributed by atoms with Crippen LogP contribution in [0.5, 0.6) is 0 Å². The predicted octanol–water partition coefficient (Wildman–Crippen LogP) is 3.31. The van der Waals surface area contributed by atoms with E-state index in [1.54, 1.807) is 11.8 Å². The number of rotatable bonds is 5. The Balaban J connectivity index is 2.16. The van der Waals surface area contributed by atoms with Gasteiger partial charge in [0.05, 0.1) is 0 Å². The highest BCUT2D eigenvalue weighted by atomic mass is 35.5. The third-order valence-electron chi connectivity index (χ3n) is 3.05. The van der Waals surface area contributed by atoms with Gasteiger partial charge < -0.3 is 9.88 Å². The SMILES string of the molecule is CSCCCNC(=O)c1cc2ccc(Cl)cc2n1C. The summed E-state index contributed by atoms with van der Waals surface area (Å²) < 4.78 is 1.88. The maximum Gasteiger partial charge on any atom is 0.267 e. The van der Waals surface area contributed by atoms with E-state index in [1.165, 1.54) is 0 Å². The normalized spacial score (nSPS) is 10.9. The van der Waals surface area contributed by atoms with Crippen LogP contribution < -0.4 is 5.32 Å². The Labute approximate surface area is 122 Å².